The molecule has 6 heteroatoms. The maximum atomic E-state index is 13.8. The summed E-state index contributed by atoms with van der Waals surface area (Å²) < 4.78 is 27.2. The predicted octanol–water partition coefficient (Wildman–Crippen LogP) is 2.78. The van der Waals surface area contributed by atoms with Gasteiger partial charge in [-0.2, -0.15) is 0 Å². The third kappa shape index (κ3) is 3.21. The molecule has 1 aromatic rings. The number of carboxylic acid groups (broad SMARTS) is 1. The molecule has 2 fully saturated rings. The maximum absolute atomic E-state index is 13.8. The second kappa shape index (κ2) is 5.91. The number of carbonyl (C=O) groups excluding carboxylic acids is 1. The van der Waals surface area contributed by atoms with Crippen molar-refractivity contribution in [1.82, 2.24) is 4.90 Å². The summed E-state index contributed by atoms with van der Waals surface area (Å²) in [5.74, 6) is -4.17. The van der Waals surface area contributed by atoms with Gasteiger partial charge >= 0.3 is 5.97 Å². The first kappa shape index (κ1) is 15.9. The summed E-state index contributed by atoms with van der Waals surface area (Å²) in [7, 11) is 0. The van der Waals surface area contributed by atoms with Crippen molar-refractivity contribution in [3.8, 4) is 0 Å². The molecule has 0 aromatic heterocycles. The zero-order valence-corrected chi connectivity index (χ0v) is 12.8. The van der Waals surface area contributed by atoms with E-state index in [0.29, 0.717) is 6.42 Å². The SMILES string of the molecule is C[C@H](CN(C(=O)[C@H]1C[C@@H]1c1cccc(F)c1F)C1CC1)C(=O)O. The molecule has 23 heavy (non-hydrogen) atoms. The summed E-state index contributed by atoms with van der Waals surface area (Å²) in [5, 5.41) is 9.04. The maximum Gasteiger partial charge on any atom is 0.308 e. The molecule has 124 valence electrons. The van der Waals surface area contributed by atoms with Crippen molar-refractivity contribution in [3.63, 3.8) is 0 Å². The van der Waals surface area contributed by atoms with E-state index in [1.807, 2.05) is 0 Å². The van der Waals surface area contributed by atoms with Gasteiger partial charge in [-0.05, 0) is 36.8 Å². The molecule has 0 aliphatic heterocycles. The summed E-state index contributed by atoms with van der Waals surface area (Å²) in [6.45, 7) is 1.75. The van der Waals surface area contributed by atoms with Gasteiger partial charge in [0.15, 0.2) is 11.6 Å². The Bertz CT molecular complexity index is 645. The van der Waals surface area contributed by atoms with Crippen LogP contribution in [0.5, 0.6) is 0 Å². The van der Waals surface area contributed by atoms with Gasteiger partial charge < -0.3 is 10.0 Å². The molecule has 1 aromatic carbocycles. The number of nitrogens with zero attached hydrogens (tertiary/aromatic N) is 1. The van der Waals surface area contributed by atoms with Crippen LogP contribution < -0.4 is 0 Å². The molecule has 0 unspecified atom stereocenters. The van der Waals surface area contributed by atoms with Crippen molar-refractivity contribution in [2.75, 3.05) is 6.54 Å². The van der Waals surface area contributed by atoms with Crippen LogP contribution in [0.1, 0.15) is 37.7 Å². The number of rotatable bonds is 6. The van der Waals surface area contributed by atoms with Gasteiger partial charge in [-0.1, -0.05) is 19.1 Å². The molecule has 2 aliphatic carbocycles. The Morgan fingerprint density at radius 1 is 1.35 bits per heavy atom. The van der Waals surface area contributed by atoms with Crippen LogP contribution in [-0.2, 0) is 9.59 Å². The zero-order valence-electron chi connectivity index (χ0n) is 12.8. The van der Waals surface area contributed by atoms with Gasteiger partial charge in [0.1, 0.15) is 0 Å². The lowest BCUT2D eigenvalue weighted by atomic mass is 10.1. The lowest BCUT2D eigenvalue weighted by Crippen LogP contribution is -2.39. The molecule has 0 radical (unpaired) electrons. The van der Waals surface area contributed by atoms with Crippen LogP contribution in [-0.4, -0.2) is 34.5 Å². The highest BCUT2D eigenvalue weighted by Gasteiger charge is 2.49. The smallest absolute Gasteiger partial charge is 0.308 e. The lowest BCUT2D eigenvalue weighted by Gasteiger charge is -2.24. The van der Waals surface area contributed by atoms with Gasteiger partial charge in [0.05, 0.1) is 5.92 Å². The van der Waals surface area contributed by atoms with Gasteiger partial charge in [-0.25, -0.2) is 8.78 Å². The summed E-state index contributed by atoms with van der Waals surface area (Å²) in [6, 6.07) is 4.11. The fraction of sp³-hybridized carbons (Fsp3) is 0.529. The minimum atomic E-state index is -0.938. The average molecular weight is 323 g/mol. The van der Waals surface area contributed by atoms with Crippen molar-refractivity contribution >= 4 is 11.9 Å². The van der Waals surface area contributed by atoms with Crippen LogP contribution in [0.25, 0.3) is 0 Å². The van der Waals surface area contributed by atoms with Crippen molar-refractivity contribution in [1.29, 1.82) is 0 Å². The molecular formula is C17H19F2NO3. The minimum absolute atomic E-state index is 0.0999. The molecule has 1 N–H and O–H groups in total. The number of hydrogen-bond donors (Lipinski definition) is 1. The normalized spacial score (nSPS) is 24.1. The molecule has 3 rings (SSSR count). The fourth-order valence-electron chi connectivity index (χ4n) is 3.01. The Morgan fingerprint density at radius 2 is 2.04 bits per heavy atom. The predicted molar refractivity (Wildman–Crippen MR) is 78.7 cm³/mol. The highest BCUT2D eigenvalue weighted by atomic mass is 19.2. The number of carbonyl (C=O) groups is 2. The summed E-state index contributed by atoms with van der Waals surface area (Å²) in [6.07, 6.45) is 2.25. The zero-order chi connectivity index (χ0) is 16.7. The van der Waals surface area contributed by atoms with Crippen LogP contribution in [0.3, 0.4) is 0 Å². The van der Waals surface area contributed by atoms with E-state index >= 15 is 0 Å². The van der Waals surface area contributed by atoms with Gasteiger partial charge in [0, 0.05) is 18.5 Å². The van der Waals surface area contributed by atoms with E-state index in [2.05, 4.69) is 0 Å². The Balaban J connectivity index is 1.70. The number of benzene rings is 1. The summed E-state index contributed by atoms with van der Waals surface area (Å²) in [4.78, 5) is 25.3. The minimum Gasteiger partial charge on any atom is -0.481 e. The van der Waals surface area contributed by atoms with Crippen molar-refractivity contribution in [2.24, 2.45) is 11.8 Å². The standard InChI is InChI=1S/C17H19F2NO3/c1-9(17(22)23)8-20(10-5-6-10)16(21)13-7-12(13)11-3-2-4-14(18)15(11)19/h2-4,9-10,12-13H,5-8H2,1H3,(H,22,23)/t9-,12-,13+/m1/s1. The van der Waals surface area contributed by atoms with Gasteiger partial charge in [0.25, 0.3) is 0 Å². The second-order valence-electron chi connectivity index (χ2n) is 6.55. The van der Waals surface area contributed by atoms with Gasteiger partial charge in [-0.3, -0.25) is 9.59 Å². The van der Waals surface area contributed by atoms with Gasteiger partial charge in [-0.15, -0.1) is 0 Å². The second-order valence-corrected chi connectivity index (χ2v) is 6.55. The summed E-state index contributed by atoms with van der Waals surface area (Å²) >= 11 is 0. The van der Waals surface area contributed by atoms with Crippen LogP contribution in [0.2, 0.25) is 0 Å². The largest absolute Gasteiger partial charge is 0.481 e. The van der Waals surface area contributed by atoms with E-state index in [0.717, 1.165) is 18.9 Å². The third-order valence-corrected chi connectivity index (χ3v) is 4.65. The molecule has 0 bridgehead atoms. The molecule has 3 atom stereocenters. The summed E-state index contributed by atoms with van der Waals surface area (Å²) in [5.41, 5.74) is 0.241. The van der Waals surface area contributed by atoms with E-state index in [4.69, 9.17) is 5.11 Å². The van der Waals surface area contributed by atoms with E-state index < -0.39 is 23.5 Å². The van der Waals surface area contributed by atoms with Crippen LogP contribution in [0, 0.1) is 23.5 Å². The Labute approximate surface area is 133 Å². The first-order chi connectivity index (χ1) is 10.9. The molecule has 0 heterocycles. The van der Waals surface area contributed by atoms with E-state index in [1.54, 1.807) is 11.8 Å². The van der Waals surface area contributed by atoms with E-state index in [1.165, 1.54) is 12.1 Å². The monoisotopic (exact) mass is 323 g/mol. The molecule has 0 saturated heterocycles. The quantitative estimate of drug-likeness (QED) is 0.876. The van der Waals surface area contributed by atoms with Crippen LogP contribution in [0.4, 0.5) is 8.78 Å². The lowest BCUT2D eigenvalue weighted by molar-refractivity contribution is -0.143. The number of aliphatic carboxylic acids is 1. The molecule has 2 saturated carbocycles. The number of halogens is 2. The fourth-order valence-corrected chi connectivity index (χ4v) is 3.01. The third-order valence-electron chi connectivity index (χ3n) is 4.65. The van der Waals surface area contributed by atoms with Crippen molar-refractivity contribution in [2.45, 2.75) is 38.1 Å². The average Bonchev–Trinajstić information content (AvgIpc) is 3.38. The molecular weight excluding hydrogens is 304 g/mol. The Kier molecular flexibility index (Phi) is 4.08. The Morgan fingerprint density at radius 3 is 2.65 bits per heavy atom. The van der Waals surface area contributed by atoms with E-state index in [9.17, 15) is 18.4 Å². The number of carboxylic acids is 1. The van der Waals surface area contributed by atoms with Gasteiger partial charge in [0.2, 0.25) is 5.91 Å². The first-order valence-corrected chi connectivity index (χ1v) is 7.87. The van der Waals surface area contributed by atoms with E-state index in [-0.39, 0.29) is 35.9 Å². The van der Waals surface area contributed by atoms with Crippen LogP contribution >= 0.6 is 0 Å². The van der Waals surface area contributed by atoms with Crippen molar-refractivity contribution < 1.29 is 23.5 Å². The topological polar surface area (TPSA) is 57.6 Å². The number of hydrogen-bond acceptors (Lipinski definition) is 2. The first-order valence-electron chi connectivity index (χ1n) is 7.87. The highest BCUT2D eigenvalue weighted by Crippen LogP contribution is 2.50. The number of amides is 1. The molecule has 1 amide bonds. The molecule has 4 nitrogen and oxygen atoms in total. The molecule has 2 aliphatic rings. The van der Waals surface area contributed by atoms with Crippen LogP contribution in [0.15, 0.2) is 18.2 Å². The Hall–Kier alpha value is -1.98. The molecule has 0 spiro atoms. The van der Waals surface area contributed by atoms with Crippen molar-refractivity contribution in [3.05, 3.63) is 35.4 Å². The highest BCUT2D eigenvalue weighted by molar-refractivity contribution is 5.84.